The lowest BCUT2D eigenvalue weighted by molar-refractivity contribution is -0.189. The fourth-order valence-corrected chi connectivity index (χ4v) is 3.15. The zero-order chi connectivity index (χ0) is 13.3. The van der Waals surface area contributed by atoms with Gasteiger partial charge in [0.1, 0.15) is 11.8 Å². The molecule has 0 saturated carbocycles. The highest BCUT2D eigenvalue weighted by Crippen LogP contribution is 2.32. The van der Waals surface area contributed by atoms with Gasteiger partial charge in [-0.25, -0.2) is 0 Å². The van der Waals surface area contributed by atoms with Crippen molar-refractivity contribution < 1.29 is 18.0 Å². The maximum atomic E-state index is 13.0. The molecule has 0 fully saturated rings. The Kier molecular flexibility index (Phi) is 3.77. The Morgan fingerprint density at radius 3 is 2.89 bits per heavy atom. The summed E-state index contributed by atoms with van der Waals surface area (Å²) in [7, 11) is 0. The molecule has 1 aromatic heterocycles. The van der Waals surface area contributed by atoms with Crippen LogP contribution in [-0.2, 0) is 17.8 Å². The van der Waals surface area contributed by atoms with Crippen LogP contribution in [0.15, 0.2) is 11.4 Å². The lowest BCUT2D eigenvalue weighted by Crippen LogP contribution is -2.48. The number of halogens is 3. The normalized spacial score (nSPS) is 18.4. The van der Waals surface area contributed by atoms with Crippen LogP contribution in [0.4, 0.5) is 13.2 Å². The van der Waals surface area contributed by atoms with Crippen molar-refractivity contribution in [2.45, 2.75) is 38.5 Å². The molecule has 1 aromatic rings. The smallest absolute Gasteiger partial charge is 0.300 e. The van der Waals surface area contributed by atoms with E-state index >= 15 is 0 Å². The van der Waals surface area contributed by atoms with Gasteiger partial charge in [-0.2, -0.15) is 13.2 Å². The second-order valence-corrected chi connectivity index (χ2v) is 5.55. The number of carbonyl (C=O) groups excluding carboxylic acids is 1. The van der Waals surface area contributed by atoms with Crippen LogP contribution in [0.3, 0.4) is 0 Å². The lowest BCUT2D eigenvalue weighted by atomic mass is 10.0. The van der Waals surface area contributed by atoms with Crippen molar-refractivity contribution in [3.8, 4) is 0 Å². The third kappa shape index (κ3) is 2.92. The Balaban J connectivity index is 2.16. The summed E-state index contributed by atoms with van der Waals surface area (Å²) >= 11 is 1.59. The second-order valence-electron chi connectivity index (χ2n) is 4.55. The van der Waals surface area contributed by atoms with E-state index < -0.39 is 24.4 Å². The van der Waals surface area contributed by atoms with Crippen LogP contribution in [0.25, 0.3) is 0 Å². The Hall–Kier alpha value is -0.880. The van der Waals surface area contributed by atoms with Crippen molar-refractivity contribution in [2.24, 2.45) is 0 Å². The van der Waals surface area contributed by atoms with Crippen LogP contribution in [0.2, 0.25) is 0 Å². The summed E-state index contributed by atoms with van der Waals surface area (Å²) < 4.78 is 38.9. The molecule has 1 aliphatic rings. The van der Waals surface area contributed by atoms with Gasteiger partial charge in [-0.15, -0.1) is 11.3 Å². The molecule has 1 atom stereocenters. The predicted molar refractivity (Wildman–Crippen MR) is 63.6 cm³/mol. The molecule has 2 heterocycles. The standard InChI is InChI=1S/C12H14F3NOS/c1-8(17)6-11(12(13,14)15)16-4-2-10-9(7-16)3-5-18-10/h3,5,11H,2,4,6-7H2,1H3. The van der Waals surface area contributed by atoms with Crippen LogP contribution in [0, 0.1) is 0 Å². The molecular weight excluding hydrogens is 263 g/mol. The molecule has 18 heavy (non-hydrogen) atoms. The van der Waals surface area contributed by atoms with E-state index in [1.54, 1.807) is 11.3 Å². The van der Waals surface area contributed by atoms with Crippen molar-refractivity contribution >= 4 is 17.1 Å². The third-order valence-electron chi connectivity index (χ3n) is 3.14. The van der Waals surface area contributed by atoms with Crippen molar-refractivity contribution in [1.29, 1.82) is 0 Å². The largest absolute Gasteiger partial charge is 0.404 e. The van der Waals surface area contributed by atoms with E-state index in [1.807, 2.05) is 11.4 Å². The van der Waals surface area contributed by atoms with Crippen molar-refractivity contribution in [2.75, 3.05) is 6.54 Å². The molecule has 2 nitrogen and oxygen atoms in total. The molecular formula is C12H14F3NOS. The molecule has 1 aliphatic heterocycles. The zero-order valence-corrected chi connectivity index (χ0v) is 10.8. The monoisotopic (exact) mass is 277 g/mol. The number of ketones is 1. The van der Waals surface area contributed by atoms with Crippen LogP contribution in [0.5, 0.6) is 0 Å². The van der Waals surface area contributed by atoms with Crippen LogP contribution < -0.4 is 0 Å². The summed E-state index contributed by atoms with van der Waals surface area (Å²) in [6.45, 7) is 1.86. The van der Waals surface area contributed by atoms with Gasteiger partial charge in [0.05, 0.1) is 0 Å². The minimum atomic E-state index is -4.35. The number of Topliss-reactive ketones (excluding diaryl/α,β-unsaturated/α-hetero) is 1. The van der Waals surface area contributed by atoms with Gasteiger partial charge in [0.15, 0.2) is 0 Å². The summed E-state index contributed by atoms with van der Waals surface area (Å²) in [6, 6.07) is 0.218. The molecule has 0 radical (unpaired) electrons. The van der Waals surface area contributed by atoms with Gasteiger partial charge in [0, 0.05) is 24.4 Å². The maximum absolute atomic E-state index is 13.0. The highest BCUT2D eigenvalue weighted by Gasteiger charge is 2.44. The minimum Gasteiger partial charge on any atom is -0.300 e. The number of nitrogens with zero attached hydrogens (tertiary/aromatic N) is 1. The molecule has 6 heteroatoms. The third-order valence-corrected chi connectivity index (χ3v) is 4.16. The maximum Gasteiger partial charge on any atom is 0.404 e. The molecule has 0 aliphatic carbocycles. The molecule has 0 bridgehead atoms. The lowest BCUT2D eigenvalue weighted by Gasteiger charge is -2.35. The number of rotatable bonds is 3. The molecule has 100 valence electrons. The van der Waals surface area contributed by atoms with E-state index in [2.05, 4.69) is 0 Å². The van der Waals surface area contributed by atoms with Gasteiger partial charge < -0.3 is 0 Å². The SMILES string of the molecule is CC(=O)CC(N1CCc2sccc2C1)C(F)(F)F. The first kappa shape index (κ1) is 13.5. The Morgan fingerprint density at radius 2 is 2.28 bits per heavy atom. The zero-order valence-electron chi connectivity index (χ0n) is 9.96. The van der Waals surface area contributed by atoms with E-state index in [1.165, 1.54) is 11.8 Å². The highest BCUT2D eigenvalue weighted by molar-refractivity contribution is 7.10. The fourth-order valence-electron chi connectivity index (χ4n) is 2.26. The molecule has 0 amide bonds. The molecule has 0 N–H and O–H groups in total. The van der Waals surface area contributed by atoms with E-state index in [-0.39, 0.29) is 6.54 Å². The summed E-state index contributed by atoms with van der Waals surface area (Å²) in [6.07, 6.45) is -4.17. The number of hydrogen-bond donors (Lipinski definition) is 0. The molecule has 0 spiro atoms. The first-order valence-corrected chi connectivity index (χ1v) is 6.61. The van der Waals surface area contributed by atoms with E-state index in [0.717, 1.165) is 10.4 Å². The highest BCUT2D eigenvalue weighted by atomic mass is 32.1. The summed E-state index contributed by atoms with van der Waals surface area (Å²) in [5.41, 5.74) is 0.962. The second kappa shape index (κ2) is 5.01. The molecule has 0 aromatic carbocycles. The van der Waals surface area contributed by atoms with Gasteiger partial charge in [-0.05, 0) is 30.4 Å². The van der Waals surface area contributed by atoms with Crippen molar-refractivity contribution in [3.05, 3.63) is 21.9 Å². The number of thiophene rings is 1. The van der Waals surface area contributed by atoms with Crippen molar-refractivity contribution in [3.63, 3.8) is 0 Å². The van der Waals surface area contributed by atoms with Gasteiger partial charge in [-0.1, -0.05) is 0 Å². The number of fused-ring (bicyclic) bond motifs is 1. The number of hydrogen-bond acceptors (Lipinski definition) is 3. The number of carbonyl (C=O) groups is 1. The fraction of sp³-hybridized carbons (Fsp3) is 0.583. The summed E-state index contributed by atoms with van der Waals surface area (Å²) in [5, 5.41) is 1.90. The van der Waals surface area contributed by atoms with Crippen LogP contribution in [0.1, 0.15) is 23.8 Å². The average Bonchev–Trinajstić information content (AvgIpc) is 2.70. The predicted octanol–water partition coefficient (Wildman–Crippen LogP) is 3.02. The van der Waals surface area contributed by atoms with Gasteiger partial charge in [0.2, 0.25) is 0 Å². The molecule has 1 unspecified atom stereocenters. The van der Waals surface area contributed by atoms with E-state index in [0.29, 0.717) is 13.0 Å². The number of alkyl halides is 3. The Morgan fingerprint density at radius 1 is 1.56 bits per heavy atom. The Labute approximate surface area is 107 Å². The van der Waals surface area contributed by atoms with E-state index in [4.69, 9.17) is 0 Å². The van der Waals surface area contributed by atoms with Gasteiger partial charge >= 0.3 is 6.18 Å². The summed E-state index contributed by atoms with van der Waals surface area (Å²) in [5.74, 6) is -0.423. The molecule has 0 saturated heterocycles. The van der Waals surface area contributed by atoms with Crippen LogP contribution >= 0.6 is 11.3 Å². The minimum absolute atomic E-state index is 0.288. The topological polar surface area (TPSA) is 20.3 Å². The van der Waals surface area contributed by atoms with Gasteiger partial charge in [-0.3, -0.25) is 9.69 Å². The first-order valence-electron chi connectivity index (χ1n) is 5.73. The van der Waals surface area contributed by atoms with Gasteiger partial charge in [0.25, 0.3) is 0 Å². The quantitative estimate of drug-likeness (QED) is 0.846. The summed E-state index contributed by atoms with van der Waals surface area (Å²) in [4.78, 5) is 13.5. The average molecular weight is 277 g/mol. The Bertz CT molecular complexity index is 441. The first-order chi connectivity index (χ1) is 8.38. The molecule has 2 rings (SSSR count). The van der Waals surface area contributed by atoms with Crippen molar-refractivity contribution in [1.82, 2.24) is 4.90 Å². The van der Waals surface area contributed by atoms with Crippen LogP contribution in [-0.4, -0.2) is 29.4 Å². The van der Waals surface area contributed by atoms with E-state index in [9.17, 15) is 18.0 Å².